The minimum absolute atomic E-state index is 0.492. The SMILES string of the molecule is C/C=C\CC(CCC)C1=C2CCC=CC2=C(C2CN(c3cccc4ccccc34)CC([C@H]3C=C(c4ccccc4)C=CC3)C/C=C(\C)C(C)C3CCCCC23)CC1. The van der Waals surface area contributed by atoms with Gasteiger partial charge in [0.15, 0.2) is 0 Å². The normalized spacial score (nSPS) is 28.7. The van der Waals surface area contributed by atoms with Crippen molar-refractivity contribution in [1.82, 2.24) is 0 Å². The molecule has 1 heteroatoms. The zero-order chi connectivity index (χ0) is 39.1. The van der Waals surface area contributed by atoms with Gasteiger partial charge in [-0.05, 0) is 147 Å². The van der Waals surface area contributed by atoms with Crippen LogP contribution >= 0.6 is 0 Å². The van der Waals surface area contributed by atoms with Gasteiger partial charge in [-0.25, -0.2) is 0 Å². The molecule has 298 valence electrons. The van der Waals surface area contributed by atoms with E-state index in [2.05, 4.69) is 154 Å². The smallest absolute Gasteiger partial charge is 0.0446 e. The van der Waals surface area contributed by atoms with Crippen LogP contribution in [0.15, 0.2) is 149 Å². The van der Waals surface area contributed by atoms with Crippen LogP contribution in [0.2, 0.25) is 0 Å². The Morgan fingerprint density at radius 3 is 2.47 bits per heavy atom. The molecule has 0 saturated heterocycles. The summed E-state index contributed by atoms with van der Waals surface area (Å²) in [7, 11) is 0. The average Bonchev–Trinajstić information content (AvgIpc) is 3.29. The second kappa shape index (κ2) is 18.7. The molecule has 0 N–H and O–H groups in total. The fourth-order valence-electron chi connectivity index (χ4n) is 12.0. The first-order valence-corrected chi connectivity index (χ1v) is 23.1. The molecule has 6 unspecified atom stereocenters. The van der Waals surface area contributed by atoms with Crippen molar-refractivity contribution >= 4 is 22.0 Å². The van der Waals surface area contributed by atoms with E-state index in [4.69, 9.17) is 0 Å². The molecule has 8 rings (SSSR count). The standard InChI is InChI=1S/C56H69N/c1-5-7-20-43(19-6-2)49-35-36-54(53-31-16-15-30-52(49)53)55-39-57(56-32-18-24-44-23-11-12-28-50(44)56)38-47(34-33-40(3)41(4)48-27-13-14-29-51(48)55)46-26-17-25-45(37-46)42-21-9-8-10-22-42/h5,7-12,16-18,21-25,28,31-33,37,41,43,46-48,51,55H,6,13-15,19-20,26-27,29-30,34-36,38-39H2,1-4H3/b7-5-,40-33+/t41?,43?,46-,47?,48?,51?,55?/m1/s1. The van der Waals surface area contributed by atoms with E-state index in [0.29, 0.717) is 35.5 Å². The second-order valence-electron chi connectivity index (χ2n) is 18.3. The monoisotopic (exact) mass is 756 g/mol. The predicted molar refractivity (Wildman–Crippen MR) is 247 cm³/mol. The van der Waals surface area contributed by atoms with Gasteiger partial charge in [-0.2, -0.15) is 0 Å². The van der Waals surface area contributed by atoms with Crippen LogP contribution in [0.3, 0.4) is 0 Å². The Morgan fingerprint density at radius 2 is 1.63 bits per heavy atom. The fourth-order valence-corrected chi connectivity index (χ4v) is 12.0. The second-order valence-corrected chi connectivity index (χ2v) is 18.3. The number of benzene rings is 3. The van der Waals surface area contributed by atoms with Crippen molar-refractivity contribution in [3.63, 3.8) is 0 Å². The van der Waals surface area contributed by atoms with Crippen LogP contribution in [-0.4, -0.2) is 13.1 Å². The van der Waals surface area contributed by atoms with Crippen molar-refractivity contribution in [2.45, 2.75) is 111 Å². The molecule has 0 aromatic heterocycles. The topological polar surface area (TPSA) is 3.24 Å². The highest BCUT2D eigenvalue weighted by atomic mass is 15.1. The lowest BCUT2D eigenvalue weighted by Crippen LogP contribution is -2.42. The van der Waals surface area contributed by atoms with Crippen molar-refractivity contribution < 1.29 is 0 Å². The Balaban J connectivity index is 1.28. The van der Waals surface area contributed by atoms with Crippen LogP contribution in [0.25, 0.3) is 16.3 Å². The first-order chi connectivity index (χ1) is 28.0. The van der Waals surface area contributed by atoms with Crippen molar-refractivity contribution in [2.24, 2.45) is 41.4 Å². The minimum atomic E-state index is 0.492. The summed E-state index contributed by atoms with van der Waals surface area (Å²) in [4.78, 5) is 2.93. The maximum atomic E-state index is 2.93. The summed E-state index contributed by atoms with van der Waals surface area (Å²) in [5.41, 5.74) is 12.8. The summed E-state index contributed by atoms with van der Waals surface area (Å²) >= 11 is 0. The van der Waals surface area contributed by atoms with Crippen molar-refractivity contribution in [3.05, 3.63) is 155 Å². The van der Waals surface area contributed by atoms with Crippen molar-refractivity contribution in [1.29, 1.82) is 0 Å². The fraction of sp³-hybridized carbons (Fsp3) is 0.464. The highest BCUT2D eigenvalue weighted by Gasteiger charge is 2.41. The Kier molecular flexibility index (Phi) is 13.0. The Morgan fingerprint density at radius 1 is 0.825 bits per heavy atom. The molecule has 1 saturated carbocycles. The van der Waals surface area contributed by atoms with Gasteiger partial charge in [0.25, 0.3) is 0 Å². The quantitative estimate of drug-likeness (QED) is 0.197. The zero-order valence-electron chi connectivity index (χ0n) is 35.6. The van der Waals surface area contributed by atoms with Gasteiger partial charge in [-0.1, -0.05) is 165 Å². The minimum Gasteiger partial charge on any atom is -0.370 e. The van der Waals surface area contributed by atoms with E-state index in [-0.39, 0.29) is 0 Å². The maximum Gasteiger partial charge on any atom is 0.0446 e. The molecule has 1 aliphatic heterocycles. The molecule has 5 aliphatic rings. The lowest BCUT2D eigenvalue weighted by molar-refractivity contribution is 0.141. The third kappa shape index (κ3) is 8.70. The van der Waals surface area contributed by atoms with E-state index in [1.165, 1.54) is 98.2 Å². The molecule has 0 radical (unpaired) electrons. The number of nitrogens with zero attached hydrogens (tertiary/aromatic N) is 1. The van der Waals surface area contributed by atoms with Crippen LogP contribution in [0.4, 0.5) is 5.69 Å². The highest BCUT2D eigenvalue weighted by Crippen LogP contribution is 2.51. The van der Waals surface area contributed by atoms with E-state index in [0.717, 1.165) is 31.8 Å². The molecule has 1 heterocycles. The van der Waals surface area contributed by atoms with E-state index in [1.807, 2.05) is 5.57 Å². The number of fused-ring (bicyclic) bond motifs is 3. The van der Waals surface area contributed by atoms with Crippen LogP contribution in [0, 0.1) is 41.4 Å². The number of allylic oxidation sites excluding steroid dienone is 13. The molecular weight excluding hydrogens is 687 g/mol. The molecule has 1 fully saturated rings. The summed E-state index contributed by atoms with van der Waals surface area (Å²) in [5, 5.41) is 2.77. The largest absolute Gasteiger partial charge is 0.370 e. The lowest BCUT2D eigenvalue weighted by Gasteiger charge is -2.46. The molecule has 3 aromatic rings. The summed E-state index contributed by atoms with van der Waals surface area (Å²) in [5.74, 6) is 4.26. The number of anilines is 1. The van der Waals surface area contributed by atoms with Gasteiger partial charge in [-0.3, -0.25) is 0 Å². The molecule has 0 bridgehead atoms. The molecule has 57 heavy (non-hydrogen) atoms. The molecule has 3 aromatic carbocycles. The molecule has 1 nitrogen and oxygen atoms in total. The molecule has 0 amide bonds. The van der Waals surface area contributed by atoms with Gasteiger partial charge in [0, 0.05) is 30.1 Å². The van der Waals surface area contributed by atoms with Crippen LogP contribution in [0.5, 0.6) is 0 Å². The molecule has 0 spiro atoms. The number of hydrogen-bond donors (Lipinski definition) is 0. The predicted octanol–water partition coefficient (Wildman–Crippen LogP) is 15.5. The first-order valence-electron chi connectivity index (χ1n) is 23.1. The van der Waals surface area contributed by atoms with Crippen LogP contribution in [-0.2, 0) is 0 Å². The van der Waals surface area contributed by atoms with Crippen LogP contribution < -0.4 is 4.90 Å². The van der Waals surface area contributed by atoms with Gasteiger partial charge in [0.1, 0.15) is 0 Å². The third-order valence-electron chi connectivity index (χ3n) is 15.1. The van der Waals surface area contributed by atoms with Gasteiger partial charge in [0.05, 0.1) is 0 Å². The molecule has 7 atom stereocenters. The van der Waals surface area contributed by atoms with E-state index >= 15 is 0 Å². The van der Waals surface area contributed by atoms with Crippen LogP contribution in [0.1, 0.15) is 117 Å². The summed E-state index contributed by atoms with van der Waals surface area (Å²) < 4.78 is 0. The van der Waals surface area contributed by atoms with Gasteiger partial charge in [0.2, 0.25) is 0 Å². The van der Waals surface area contributed by atoms with Crippen molar-refractivity contribution in [3.8, 4) is 0 Å². The van der Waals surface area contributed by atoms with Gasteiger partial charge < -0.3 is 4.90 Å². The van der Waals surface area contributed by atoms with Gasteiger partial charge >= 0.3 is 0 Å². The first kappa shape index (κ1) is 39.7. The Hall–Kier alpha value is -4.10. The summed E-state index contributed by atoms with van der Waals surface area (Å²) in [6, 6.07) is 27.4. The molecular formula is C56H69N. The Bertz CT molecular complexity index is 2060. The number of rotatable bonds is 9. The number of hydrogen-bond acceptors (Lipinski definition) is 1. The zero-order valence-corrected chi connectivity index (χ0v) is 35.6. The van der Waals surface area contributed by atoms with E-state index in [9.17, 15) is 0 Å². The Labute approximate surface area is 346 Å². The summed E-state index contributed by atoms with van der Waals surface area (Å²) in [6.45, 7) is 11.9. The molecule has 4 aliphatic carbocycles. The third-order valence-corrected chi connectivity index (χ3v) is 15.1. The van der Waals surface area contributed by atoms with Crippen molar-refractivity contribution in [2.75, 3.05) is 18.0 Å². The average molecular weight is 756 g/mol. The van der Waals surface area contributed by atoms with E-state index in [1.54, 1.807) is 22.3 Å². The highest BCUT2D eigenvalue weighted by molar-refractivity contribution is 5.94. The summed E-state index contributed by atoms with van der Waals surface area (Å²) in [6.07, 6.45) is 36.4. The van der Waals surface area contributed by atoms with E-state index < -0.39 is 0 Å². The van der Waals surface area contributed by atoms with Gasteiger partial charge in [-0.15, -0.1) is 0 Å². The lowest BCUT2D eigenvalue weighted by atomic mass is 9.62. The maximum absolute atomic E-state index is 2.93.